The van der Waals surface area contributed by atoms with E-state index in [0.717, 1.165) is 10.0 Å². The van der Waals surface area contributed by atoms with Gasteiger partial charge in [0.1, 0.15) is 5.75 Å². The molecule has 1 aromatic carbocycles. The van der Waals surface area contributed by atoms with E-state index in [-0.39, 0.29) is 5.41 Å². The molecule has 0 spiro atoms. The number of benzene rings is 1. The van der Waals surface area contributed by atoms with Crippen LogP contribution in [0.2, 0.25) is 0 Å². The minimum atomic E-state index is -0.466. The lowest BCUT2D eigenvalue weighted by atomic mass is 9.87. The van der Waals surface area contributed by atoms with Crippen molar-refractivity contribution in [2.75, 3.05) is 7.05 Å². The molecule has 0 atom stereocenters. The highest BCUT2D eigenvalue weighted by Gasteiger charge is 2.19. The number of hydrogen-bond acceptors (Lipinski definition) is 2. The summed E-state index contributed by atoms with van der Waals surface area (Å²) in [6.45, 7) is 6.32. The van der Waals surface area contributed by atoms with Gasteiger partial charge in [-0.25, -0.2) is 4.79 Å². The van der Waals surface area contributed by atoms with Gasteiger partial charge in [0.15, 0.2) is 0 Å². The third-order valence-corrected chi connectivity index (χ3v) is 3.00. The van der Waals surface area contributed by atoms with Crippen molar-refractivity contribution < 1.29 is 9.53 Å². The molecule has 0 saturated carbocycles. The van der Waals surface area contributed by atoms with E-state index >= 15 is 0 Å². The van der Waals surface area contributed by atoms with E-state index in [1.54, 1.807) is 6.07 Å². The molecular weight excluding hydrogens is 270 g/mol. The number of nitrogens with one attached hydrogen (secondary N) is 1. The summed E-state index contributed by atoms with van der Waals surface area (Å²) in [6, 6.07) is 5.65. The number of hydrogen-bond donors (Lipinski definition) is 1. The van der Waals surface area contributed by atoms with Gasteiger partial charge in [-0.3, -0.25) is 0 Å². The standard InChI is InChI=1S/C12H16BrNO2/c1-12(2,3)8-6-5-7-9(10(8)13)16-11(15)14-4/h5-7H,1-4H3,(H,14,15). The van der Waals surface area contributed by atoms with Gasteiger partial charge < -0.3 is 10.1 Å². The normalized spacial score (nSPS) is 11.1. The summed E-state index contributed by atoms with van der Waals surface area (Å²) in [5.74, 6) is 0.534. The fourth-order valence-electron chi connectivity index (χ4n) is 1.32. The van der Waals surface area contributed by atoms with Gasteiger partial charge in [0, 0.05) is 7.05 Å². The summed E-state index contributed by atoms with van der Waals surface area (Å²) in [4.78, 5) is 11.1. The number of halogens is 1. The second-order valence-corrected chi connectivity index (χ2v) is 5.30. The van der Waals surface area contributed by atoms with Crippen molar-refractivity contribution in [3.05, 3.63) is 28.2 Å². The Morgan fingerprint density at radius 1 is 1.38 bits per heavy atom. The first-order valence-corrected chi connectivity index (χ1v) is 5.84. The summed E-state index contributed by atoms with van der Waals surface area (Å²) >= 11 is 3.47. The molecule has 0 aliphatic carbocycles. The maximum Gasteiger partial charge on any atom is 0.412 e. The summed E-state index contributed by atoms with van der Waals surface area (Å²) in [5, 5.41) is 2.42. The zero-order chi connectivity index (χ0) is 12.3. The fraction of sp³-hybridized carbons (Fsp3) is 0.417. The predicted octanol–water partition coefficient (Wildman–Crippen LogP) is 3.46. The number of carbonyl (C=O) groups is 1. The van der Waals surface area contributed by atoms with Crippen LogP contribution >= 0.6 is 15.9 Å². The summed E-state index contributed by atoms with van der Waals surface area (Å²) < 4.78 is 5.96. The van der Waals surface area contributed by atoms with Crippen LogP contribution in [0, 0.1) is 0 Å². The molecule has 0 aromatic heterocycles. The molecule has 1 amide bonds. The van der Waals surface area contributed by atoms with E-state index in [1.165, 1.54) is 7.05 Å². The molecule has 1 aromatic rings. The van der Waals surface area contributed by atoms with E-state index in [4.69, 9.17) is 4.74 Å². The number of rotatable bonds is 1. The molecule has 3 nitrogen and oxygen atoms in total. The molecule has 0 saturated heterocycles. The Morgan fingerprint density at radius 2 is 2.00 bits per heavy atom. The van der Waals surface area contributed by atoms with Gasteiger partial charge in [0.05, 0.1) is 4.47 Å². The molecule has 1 N–H and O–H groups in total. The van der Waals surface area contributed by atoms with Crippen molar-refractivity contribution in [2.24, 2.45) is 0 Å². The first-order chi connectivity index (χ1) is 7.36. The first kappa shape index (κ1) is 13.0. The SMILES string of the molecule is CNC(=O)Oc1cccc(C(C)(C)C)c1Br. The second-order valence-electron chi connectivity index (χ2n) is 4.51. The van der Waals surface area contributed by atoms with Crippen LogP contribution in [0.3, 0.4) is 0 Å². The van der Waals surface area contributed by atoms with Crippen molar-refractivity contribution in [3.63, 3.8) is 0 Å². The molecule has 0 heterocycles. The van der Waals surface area contributed by atoms with Crippen LogP contribution in [0.25, 0.3) is 0 Å². The van der Waals surface area contributed by atoms with E-state index in [0.29, 0.717) is 5.75 Å². The molecular formula is C12H16BrNO2. The quantitative estimate of drug-likeness (QED) is 0.858. The predicted molar refractivity (Wildman–Crippen MR) is 67.9 cm³/mol. The highest BCUT2D eigenvalue weighted by Crippen LogP contribution is 2.35. The van der Waals surface area contributed by atoms with Crippen LogP contribution in [0.15, 0.2) is 22.7 Å². The Kier molecular flexibility index (Phi) is 3.97. The lowest BCUT2D eigenvalue weighted by Crippen LogP contribution is -2.22. The topological polar surface area (TPSA) is 38.3 Å². The van der Waals surface area contributed by atoms with Gasteiger partial charge in [-0.15, -0.1) is 0 Å². The van der Waals surface area contributed by atoms with E-state index in [1.807, 2.05) is 12.1 Å². The lowest BCUT2D eigenvalue weighted by molar-refractivity contribution is 0.202. The Bertz CT molecular complexity index is 396. The maximum atomic E-state index is 11.1. The largest absolute Gasteiger partial charge is 0.412 e. The molecule has 0 aliphatic heterocycles. The Balaban J connectivity index is 3.09. The van der Waals surface area contributed by atoms with Crippen molar-refractivity contribution in [3.8, 4) is 5.75 Å². The molecule has 0 fully saturated rings. The summed E-state index contributed by atoms with van der Waals surface area (Å²) in [7, 11) is 1.53. The zero-order valence-electron chi connectivity index (χ0n) is 9.93. The van der Waals surface area contributed by atoms with Crippen LogP contribution in [-0.2, 0) is 5.41 Å². The Morgan fingerprint density at radius 3 is 2.50 bits per heavy atom. The summed E-state index contributed by atoms with van der Waals surface area (Å²) in [5.41, 5.74) is 1.11. The Hall–Kier alpha value is -1.03. The number of carbonyl (C=O) groups excluding carboxylic acids is 1. The fourth-order valence-corrected chi connectivity index (χ4v) is 2.26. The average molecular weight is 286 g/mol. The smallest absolute Gasteiger partial charge is 0.409 e. The summed E-state index contributed by atoms with van der Waals surface area (Å²) in [6.07, 6.45) is -0.466. The van der Waals surface area contributed by atoms with Crippen molar-refractivity contribution in [1.82, 2.24) is 5.32 Å². The van der Waals surface area contributed by atoms with Crippen molar-refractivity contribution in [2.45, 2.75) is 26.2 Å². The minimum Gasteiger partial charge on any atom is -0.409 e. The highest BCUT2D eigenvalue weighted by atomic mass is 79.9. The lowest BCUT2D eigenvalue weighted by Gasteiger charge is -2.21. The molecule has 16 heavy (non-hydrogen) atoms. The van der Waals surface area contributed by atoms with Crippen LogP contribution in [0.4, 0.5) is 4.79 Å². The molecule has 88 valence electrons. The van der Waals surface area contributed by atoms with Crippen LogP contribution < -0.4 is 10.1 Å². The van der Waals surface area contributed by atoms with E-state index < -0.39 is 6.09 Å². The van der Waals surface area contributed by atoms with Gasteiger partial charge in [-0.1, -0.05) is 32.9 Å². The van der Waals surface area contributed by atoms with Crippen molar-refractivity contribution >= 4 is 22.0 Å². The Labute approximate surface area is 104 Å². The van der Waals surface area contributed by atoms with Crippen LogP contribution in [-0.4, -0.2) is 13.1 Å². The molecule has 4 heteroatoms. The number of ether oxygens (including phenoxy) is 1. The third-order valence-electron chi connectivity index (χ3n) is 2.18. The molecule has 0 bridgehead atoms. The monoisotopic (exact) mass is 285 g/mol. The van der Waals surface area contributed by atoms with Gasteiger partial charge in [0.25, 0.3) is 0 Å². The van der Waals surface area contributed by atoms with E-state index in [2.05, 4.69) is 42.0 Å². The molecule has 1 rings (SSSR count). The zero-order valence-corrected chi connectivity index (χ0v) is 11.5. The van der Waals surface area contributed by atoms with Gasteiger partial charge in [-0.05, 0) is 33.0 Å². The van der Waals surface area contributed by atoms with Gasteiger partial charge in [-0.2, -0.15) is 0 Å². The molecule has 0 unspecified atom stereocenters. The minimum absolute atomic E-state index is 0.000887. The van der Waals surface area contributed by atoms with Crippen LogP contribution in [0.5, 0.6) is 5.75 Å². The van der Waals surface area contributed by atoms with Gasteiger partial charge in [0.2, 0.25) is 0 Å². The first-order valence-electron chi connectivity index (χ1n) is 5.05. The molecule has 0 radical (unpaired) electrons. The second kappa shape index (κ2) is 4.87. The molecule has 0 aliphatic rings. The number of amides is 1. The van der Waals surface area contributed by atoms with Crippen molar-refractivity contribution in [1.29, 1.82) is 0 Å². The van der Waals surface area contributed by atoms with E-state index in [9.17, 15) is 4.79 Å². The average Bonchev–Trinajstić information content (AvgIpc) is 2.19. The maximum absolute atomic E-state index is 11.1. The van der Waals surface area contributed by atoms with Gasteiger partial charge >= 0.3 is 6.09 Å². The highest BCUT2D eigenvalue weighted by molar-refractivity contribution is 9.10. The third kappa shape index (κ3) is 2.98. The van der Waals surface area contributed by atoms with Crippen LogP contribution in [0.1, 0.15) is 26.3 Å².